The molecule has 3 N–H and O–H groups in total. The number of nitrogens with two attached hydrogens (primary N) is 1. The van der Waals surface area contributed by atoms with Crippen molar-refractivity contribution >= 4 is 11.5 Å². The lowest BCUT2D eigenvalue weighted by atomic mass is 10.1. The van der Waals surface area contributed by atoms with Crippen LogP contribution in [-0.4, -0.2) is 23.1 Å². The first-order valence-corrected chi connectivity index (χ1v) is 7.41. The standard InChI is InChI=1S/C18H18N4O/c19-15-6-4-5-14(11-15)17-12-18(22-13-21-17)20-9-10-23-16-7-2-1-3-8-16/h1-8,11-13H,9-10,19H2,(H,20,21,22). The van der Waals surface area contributed by atoms with E-state index in [0.717, 1.165) is 22.8 Å². The lowest BCUT2D eigenvalue weighted by molar-refractivity contribution is 0.333. The van der Waals surface area contributed by atoms with E-state index >= 15 is 0 Å². The number of para-hydroxylation sites is 1. The molecule has 5 heteroatoms. The van der Waals surface area contributed by atoms with Gasteiger partial charge in [0.15, 0.2) is 0 Å². The van der Waals surface area contributed by atoms with E-state index in [9.17, 15) is 0 Å². The Morgan fingerprint density at radius 2 is 1.83 bits per heavy atom. The molecule has 2 aromatic carbocycles. The van der Waals surface area contributed by atoms with Crippen molar-refractivity contribution in [3.63, 3.8) is 0 Å². The first kappa shape index (κ1) is 14.8. The van der Waals surface area contributed by atoms with Gasteiger partial charge in [0, 0.05) is 17.3 Å². The van der Waals surface area contributed by atoms with Gasteiger partial charge in [-0.3, -0.25) is 0 Å². The molecule has 0 fully saturated rings. The van der Waals surface area contributed by atoms with E-state index < -0.39 is 0 Å². The molecule has 1 aromatic heterocycles. The van der Waals surface area contributed by atoms with Crippen molar-refractivity contribution in [1.82, 2.24) is 9.97 Å². The highest BCUT2D eigenvalue weighted by Crippen LogP contribution is 2.20. The molecule has 0 unspecified atom stereocenters. The zero-order valence-electron chi connectivity index (χ0n) is 12.6. The summed E-state index contributed by atoms with van der Waals surface area (Å²) in [6, 6.07) is 19.3. The van der Waals surface area contributed by atoms with Crippen LogP contribution in [0.15, 0.2) is 67.0 Å². The fraction of sp³-hybridized carbons (Fsp3) is 0.111. The lowest BCUT2D eigenvalue weighted by Crippen LogP contribution is -2.12. The normalized spacial score (nSPS) is 10.3. The third-order valence-electron chi connectivity index (χ3n) is 3.27. The Morgan fingerprint density at radius 3 is 2.65 bits per heavy atom. The Labute approximate surface area is 135 Å². The number of nitrogens with zero attached hydrogens (tertiary/aromatic N) is 2. The summed E-state index contributed by atoms with van der Waals surface area (Å²) in [5, 5.41) is 3.23. The molecule has 0 radical (unpaired) electrons. The predicted molar refractivity (Wildman–Crippen MR) is 92.3 cm³/mol. The van der Waals surface area contributed by atoms with Gasteiger partial charge < -0.3 is 15.8 Å². The minimum Gasteiger partial charge on any atom is -0.492 e. The van der Waals surface area contributed by atoms with Crippen LogP contribution < -0.4 is 15.8 Å². The first-order valence-electron chi connectivity index (χ1n) is 7.41. The summed E-state index contributed by atoms with van der Waals surface area (Å²) in [5.74, 6) is 1.62. The number of aromatic nitrogens is 2. The summed E-state index contributed by atoms with van der Waals surface area (Å²) in [4.78, 5) is 8.51. The van der Waals surface area contributed by atoms with Gasteiger partial charge in [-0.25, -0.2) is 9.97 Å². The number of anilines is 2. The number of nitrogen functional groups attached to an aromatic ring is 1. The summed E-state index contributed by atoms with van der Waals surface area (Å²) in [6.07, 6.45) is 1.54. The van der Waals surface area contributed by atoms with E-state index in [1.807, 2.05) is 60.7 Å². The molecule has 5 nitrogen and oxygen atoms in total. The number of hydrogen-bond donors (Lipinski definition) is 2. The van der Waals surface area contributed by atoms with Crippen molar-refractivity contribution in [1.29, 1.82) is 0 Å². The summed E-state index contributed by atoms with van der Waals surface area (Å²) < 4.78 is 5.64. The molecule has 0 aliphatic carbocycles. The van der Waals surface area contributed by atoms with Gasteiger partial charge in [-0.05, 0) is 24.3 Å². The molecule has 0 saturated carbocycles. The zero-order chi connectivity index (χ0) is 15.9. The fourth-order valence-corrected chi connectivity index (χ4v) is 2.17. The Bertz CT molecular complexity index is 762. The van der Waals surface area contributed by atoms with Crippen LogP contribution in [0.5, 0.6) is 5.75 Å². The van der Waals surface area contributed by atoms with Gasteiger partial charge in [0.05, 0.1) is 12.2 Å². The average Bonchev–Trinajstić information content (AvgIpc) is 2.60. The van der Waals surface area contributed by atoms with Crippen molar-refractivity contribution in [3.8, 4) is 17.0 Å². The third kappa shape index (κ3) is 4.20. The monoisotopic (exact) mass is 306 g/mol. The first-order chi connectivity index (χ1) is 11.3. The Kier molecular flexibility index (Phi) is 4.69. The van der Waals surface area contributed by atoms with Crippen molar-refractivity contribution in [2.45, 2.75) is 0 Å². The van der Waals surface area contributed by atoms with Crippen LogP contribution in [0.2, 0.25) is 0 Å². The van der Waals surface area contributed by atoms with E-state index in [4.69, 9.17) is 10.5 Å². The van der Waals surface area contributed by atoms with Crippen LogP contribution in [0.25, 0.3) is 11.3 Å². The van der Waals surface area contributed by atoms with E-state index in [-0.39, 0.29) is 0 Å². The van der Waals surface area contributed by atoms with Crippen LogP contribution in [0.3, 0.4) is 0 Å². The summed E-state index contributed by atoms with van der Waals surface area (Å²) in [6.45, 7) is 1.21. The Hall–Kier alpha value is -3.08. The second kappa shape index (κ2) is 7.26. The quantitative estimate of drug-likeness (QED) is 0.540. The molecule has 0 bridgehead atoms. The largest absolute Gasteiger partial charge is 0.492 e. The van der Waals surface area contributed by atoms with Crippen molar-refractivity contribution in [2.24, 2.45) is 0 Å². The van der Waals surface area contributed by atoms with E-state index in [0.29, 0.717) is 18.8 Å². The minimum atomic E-state index is 0.557. The van der Waals surface area contributed by atoms with Gasteiger partial charge in [-0.1, -0.05) is 30.3 Å². The van der Waals surface area contributed by atoms with Crippen LogP contribution >= 0.6 is 0 Å². The topological polar surface area (TPSA) is 73.1 Å². The lowest BCUT2D eigenvalue weighted by Gasteiger charge is -2.09. The smallest absolute Gasteiger partial charge is 0.130 e. The maximum absolute atomic E-state index is 5.81. The SMILES string of the molecule is Nc1cccc(-c2cc(NCCOc3ccccc3)ncn2)c1. The van der Waals surface area contributed by atoms with Crippen LogP contribution in [0, 0.1) is 0 Å². The fourth-order valence-electron chi connectivity index (χ4n) is 2.17. The highest BCUT2D eigenvalue weighted by Gasteiger charge is 2.02. The Morgan fingerprint density at radius 1 is 0.957 bits per heavy atom. The van der Waals surface area contributed by atoms with Crippen molar-refractivity contribution in [3.05, 3.63) is 67.0 Å². The number of nitrogens with one attached hydrogen (secondary N) is 1. The highest BCUT2D eigenvalue weighted by atomic mass is 16.5. The molecule has 3 rings (SSSR count). The minimum absolute atomic E-state index is 0.557. The number of ether oxygens (including phenoxy) is 1. The number of rotatable bonds is 6. The van der Waals surface area contributed by atoms with Gasteiger partial charge in [0.2, 0.25) is 0 Å². The van der Waals surface area contributed by atoms with Gasteiger partial charge in [-0.2, -0.15) is 0 Å². The Balaban J connectivity index is 1.58. The van der Waals surface area contributed by atoms with Gasteiger partial charge in [0.25, 0.3) is 0 Å². The molecule has 3 aromatic rings. The molecule has 23 heavy (non-hydrogen) atoms. The van der Waals surface area contributed by atoms with Crippen molar-refractivity contribution < 1.29 is 4.74 Å². The molecule has 0 amide bonds. The number of hydrogen-bond acceptors (Lipinski definition) is 5. The third-order valence-corrected chi connectivity index (χ3v) is 3.27. The predicted octanol–water partition coefficient (Wildman–Crippen LogP) is 3.22. The van der Waals surface area contributed by atoms with Crippen molar-refractivity contribution in [2.75, 3.05) is 24.2 Å². The molecule has 0 aliphatic heterocycles. The summed E-state index contributed by atoms with van der Waals surface area (Å²) >= 11 is 0. The molecule has 0 saturated heterocycles. The second-order valence-corrected chi connectivity index (χ2v) is 5.00. The zero-order valence-corrected chi connectivity index (χ0v) is 12.6. The van der Waals surface area contributed by atoms with Crippen LogP contribution in [-0.2, 0) is 0 Å². The van der Waals surface area contributed by atoms with Crippen LogP contribution in [0.4, 0.5) is 11.5 Å². The second-order valence-electron chi connectivity index (χ2n) is 5.00. The summed E-state index contributed by atoms with van der Waals surface area (Å²) in [5.41, 5.74) is 8.33. The molecule has 0 atom stereocenters. The average molecular weight is 306 g/mol. The number of benzene rings is 2. The maximum Gasteiger partial charge on any atom is 0.130 e. The molecule has 1 heterocycles. The van der Waals surface area contributed by atoms with Gasteiger partial charge in [0.1, 0.15) is 24.5 Å². The van der Waals surface area contributed by atoms with Crippen LogP contribution in [0.1, 0.15) is 0 Å². The summed E-state index contributed by atoms with van der Waals surface area (Å²) in [7, 11) is 0. The molecule has 0 spiro atoms. The molecular formula is C18H18N4O. The van der Waals surface area contributed by atoms with Gasteiger partial charge in [-0.15, -0.1) is 0 Å². The maximum atomic E-state index is 5.81. The van der Waals surface area contributed by atoms with E-state index in [2.05, 4.69) is 15.3 Å². The molecular weight excluding hydrogens is 288 g/mol. The van der Waals surface area contributed by atoms with E-state index in [1.165, 1.54) is 0 Å². The van der Waals surface area contributed by atoms with E-state index in [1.54, 1.807) is 6.33 Å². The molecule has 0 aliphatic rings. The van der Waals surface area contributed by atoms with Gasteiger partial charge >= 0.3 is 0 Å². The highest BCUT2D eigenvalue weighted by molar-refractivity contribution is 5.65. The molecule has 116 valence electrons.